The molecule has 25 heavy (non-hydrogen) atoms. The quantitative estimate of drug-likeness (QED) is 0.534. The number of likely N-dealkylation sites (N-methyl/N-ethyl adjacent to an activating group) is 1. The molecule has 7 atom stereocenters. The zero-order valence-corrected chi connectivity index (χ0v) is 15.0. The van der Waals surface area contributed by atoms with Gasteiger partial charge in [0.05, 0.1) is 37.8 Å². The second kappa shape index (κ2) is 4.15. The minimum atomic E-state index is 0.379. The fourth-order valence-electron chi connectivity index (χ4n) is 8.31. The van der Waals surface area contributed by atoms with Crippen molar-refractivity contribution in [2.45, 2.75) is 42.9 Å². The second-order valence-electron chi connectivity index (χ2n) is 9.68. The number of quaternary nitrogens is 1. The van der Waals surface area contributed by atoms with E-state index >= 15 is 0 Å². The minimum absolute atomic E-state index is 0.379. The number of anilines is 1. The fourth-order valence-corrected chi connectivity index (χ4v) is 8.31. The molecule has 3 saturated heterocycles. The van der Waals surface area contributed by atoms with E-state index in [1.54, 1.807) is 16.8 Å². The highest BCUT2D eigenvalue weighted by Gasteiger charge is 2.74. The van der Waals surface area contributed by atoms with E-state index in [-0.39, 0.29) is 0 Å². The van der Waals surface area contributed by atoms with E-state index in [0.717, 1.165) is 18.6 Å². The first-order valence-electron chi connectivity index (χ1n) is 10.2. The molecular formula is C22H27N2O+. The number of ether oxygens (including phenoxy) is 1. The zero-order chi connectivity index (χ0) is 16.4. The third-order valence-corrected chi connectivity index (χ3v) is 9.03. The van der Waals surface area contributed by atoms with Crippen LogP contribution in [-0.2, 0) is 10.2 Å². The third kappa shape index (κ3) is 1.35. The highest BCUT2D eigenvalue weighted by Crippen LogP contribution is 2.66. The first-order chi connectivity index (χ1) is 12.2. The van der Waals surface area contributed by atoms with Gasteiger partial charge in [-0.05, 0) is 29.5 Å². The zero-order valence-electron chi connectivity index (χ0n) is 15.0. The number of benzene rings is 1. The van der Waals surface area contributed by atoms with Gasteiger partial charge in [0.2, 0.25) is 0 Å². The fraction of sp³-hybridized carbons (Fsp3) is 0.636. The van der Waals surface area contributed by atoms with Crippen molar-refractivity contribution >= 4 is 5.69 Å². The number of para-hydroxylation sites is 1. The van der Waals surface area contributed by atoms with Crippen LogP contribution in [0.4, 0.5) is 5.69 Å². The molecule has 5 heterocycles. The molecule has 2 bridgehead atoms. The van der Waals surface area contributed by atoms with Crippen LogP contribution in [0.1, 0.15) is 24.8 Å². The Kier molecular flexibility index (Phi) is 2.30. The number of rotatable bonds is 0. The Labute approximate surface area is 149 Å². The summed E-state index contributed by atoms with van der Waals surface area (Å²) in [6.07, 6.45) is 6.92. The molecule has 5 aliphatic heterocycles. The number of nitrogens with zero attached hydrogens (tertiary/aromatic N) is 2. The highest BCUT2D eigenvalue weighted by molar-refractivity contribution is 5.67. The lowest BCUT2D eigenvalue weighted by Gasteiger charge is -2.60. The Morgan fingerprint density at radius 1 is 1.28 bits per heavy atom. The molecule has 130 valence electrons. The number of hydrogen-bond acceptors (Lipinski definition) is 2. The Morgan fingerprint density at radius 2 is 2.20 bits per heavy atom. The van der Waals surface area contributed by atoms with Crippen molar-refractivity contribution < 1.29 is 9.22 Å². The molecule has 2 unspecified atom stereocenters. The molecule has 1 aliphatic carbocycles. The summed E-state index contributed by atoms with van der Waals surface area (Å²) in [5.41, 5.74) is 5.36. The lowest BCUT2D eigenvalue weighted by atomic mass is 9.53. The Bertz CT molecular complexity index is 818. The average molecular weight is 335 g/mol. The van der Waals surface area contributed by atoms with E-state index < -0.39 is 0 Å². The summed E-state index contributed by atoms with van der Waals surface area (Å²) in [7, 11) is 2.55. The van der Waals surface area contributed by atoms with Gasteiger partial charge in [0.25, 0.3) is 0 Å². The summed E-state index contributed by atoms with van der Waals surface area (Å²) in [4.78, 5) is 2.82. The molecule has 7 rings (SSSR count). The lowest BCUT2D eigenvalue weighted by molar-refractivity contribution is -0.925. The topological polar surface area (TPSA) is 12.5 Å². The van der Waals surface area contributed by atoms with Crippen molar-refractivity contribution in [2.75, 3.05) is 38.2 Å². The lowest BCUT2D eigenvalue weighted by Crippen LogP contribution is -2.71. The van der Waals surface area contributed by atoms with Gasteiger partial charge in [-0.25, -0.2) is 0 Å². The van der Waals surface area contributed by atoms with E-state index in [1.807, 2.05) is 0 Å². The van der Waals surface area contributed by atoms with Gasteiger partial charge in [0.1, 0.15) is 12.6 Å². The van der Waals surface area contributed by atoms with Crippen molar-refractivity contribution in [3.63, 3.8) is 0 Å². The molecule has 1 saturated carbocycles. The maximum atomic E-state index is 6.44. The van der Waals surface area contributed by atoms with Crippen LogP contribution in [0.2, 0.25) is 0 Å². The molecule has 0 amide bonds. The first-order valence-corrected chi connectivity index (χ1v) is 10.2. The molecule has 1 spiro atoms. The van der Waals surface area contributed by atoms with Gasteiger partial charge >= 0.3 is 0 Å². The molecule has 0 aromatic heterocycles. The molecule has 0 N–H and O–H groups in total. The van der Waals surface area contributed by atoms with Crippen LogP contribution in [0, 0.1) is 11.8 Å². The van der Waals surface area contributed by atoms with Crippen LogP contribution in [0.25, 0.3) is 0 Å². The van der Waals surface area contributed by atoms with Crippen LogP contribution in [-0.4, -0.2) is 56.0 Å². The van der Waals surface area contributed by atoms with Gasteiger partial charge in [-0.15, -0.1) is 0 Å². The summed E-state index contributed by atoms with van der Waals surface area (Å²) in [6.45, 7) is 4.66. The maximum absolute atomic E-state index is 6.44. The largest absolute Gasteiger partial charge is 0.374 e. The number of piperidine rings is 2. The molecular weight excluding hydrogens is 308 g/mol. The second-order valence-corrected chi connectivity index (χ2v) is 9.68. The summed E-state index contributed by atoms with van der Waals surface area (Å²) < 4.78 is 7.72. The van der Waals surface area contributed by atoms with Gasteiger partial charge in [0, 0.05) is 31.0 Å². The maximum Gasteiger partial charge on any atom is 0.102 e. The van der Waals surface area contributed by atoms with Crippen LogP contribution in [0.15, 0.2) is 35.9 Å². The van der Waals surface area contributed by atoms with Crippen molar-refractivity contribution in [1.29, 1.82) is 0 Å². The van der Waals surface area contributed by atoms with Crippen LogP contribution >= 0.6 is 0 Å². The standard InChI is InChI=1S/C22H27N2O/c1-24-10-8-22-16-4-2-3-5-17(16)23-9-6-18-20(21(22)23)15(12-19(22)24)14(13-24)7-11-25-18/h2-5,7,15,18-21H,6,8-13H2,1H3/q+1/t15-,18-,19-,20-,21-,22?,24?/m0/s1. The number of hydrogen-bond donors (Lipinski definition) is 0. The van der Waals surface area contributed by atoms with E-state index in [1.165, 1.54) is 43.4 Å². The average Bonchev–Trinajstić information content (AvgIpc) is 3.04. The Hall–Kier alpha value is -1.32. The smallest absolute Gasteiger partial charge is 0.102 e. The monoisotopic (exact) mass is 335 g/mol. The van der Waals surface area contributed by atoms with Crippen LogP contribution < -0.4 is 4.90 Å². The normalized spacial score (nSPS) is 51.0. The van der Waals surface area contributed by atoms with E-state index in [2.05, 4.69) is 42.3 Å². The summed E-state index contributed by atoms with van der Waals surface area (Å²) in [5, 5.41) is 0. The van der Waals surface area contributed by atoms with Crippen molar-refractivity contribution in [2.24, 2.45) is 11.8 Å². The van der Waals surface area contributed by atoms with Crippen LogP contribution in [0.5, 0.6) is 0 Å². The Morgan fingerprint density at radius 3 is 3.16 bits per heavy atom. The Balaban J connectivity index is 1.55. The number of fused-ring (bicyclic) bond motifs is 2. The summed E-state index contributed by atoms with van der Waals surface area (Å²) in [5.74, 6) is 1.48. The van der Waals surface area contributed by atoms with Gasteiger partial charge in [-0.3, -0.25) is 0 Å². The predicted molar refractivity (Wildman–Crippen MR) is 97.6 cm³/mol. The van der Waals surface area contributed by atoms with Gasteiger partial charge in [-0.2, -0.15) is 0 Å². The SMILES string of the molecule is C[N+]12CCC34c5ccccc5N5CC[C@@H]6OCC=C(C1)[C@H](C[C@@H]32)[C@@H]6[C@H]54. The van der Waals surface area contributed by atoms with Crippen molar-refractivity contribution in [1.82, 2.24) is 0 Å². The molecule has 1 aromatic carbocycles. The van der Waals surface area contributed by atoms with Crippen molar-refractivity contribution in [3.05, 3.63) is 41.5 Å². The first kappa shape index (κ1) is 13.8. The minimum Gasteiger partial charge on any atom is -0.374 e. The van der Waals surface area contributed by atoms with Gasteiger partial charge in [-0.1, -0.05) is 24.3 Å². The predicted octanol–water partition coefficient (Wildman–Crippen LogP) is 2.71. The van der Waals surface area contributed by atoms with E-state index in [4.69, 9.17) is 4.74 Å². The van der Waals surface area contributed by atoms with E-state index in [0.29, 0.717) is 23.5 Å². The van der Waals surface area contributed by atoms with Crippen molar-refractivity contribution in [3.8, 4) is 0 Å². The molecule has 0 radical (unpaired) electrons. The highest BCUT2D eigenvalue weighted by atomic mass is 16.5. The van der Waals surface area contributed by atoms with Crippen LogP contribution in [0.3, 0.4) is 0 Å². The molecule has 4 fully saturated rings. The van der Waals surface area contributed by atoms with Gasteiger partial charge < -0.3 is 14.1 Å². The summed E-state index contributed by atoms with van der Waals surface area (Å²) in [6, 6.07) is 10.9. The summed E-state index contributed by atoms with van der Waals surface area (Å²) >= 11 is 0. The van der Waals surface area contributed by atoms with Gasteiger partial charge in [0.15, 0.2) is 0 Å². The molecule has 1 aromatic rings. The van der Waals surface area contributed by atoms with E-state index in [9.17, 15) is 0 Å². The third-order valence-electron chi connectivity index (χ3n) is 9.03. The molecule has 3 nitrogen and oxygen atoms in total. The molecule has 6 aliphatic rings. The molecule has 3 heteroatoms.